The van der Waals surface area contributed by atoms with E-state index in [9.17, 15) is 40.8 Å². The molecule has 0 bridgehead atoms. The number of rotatable bonds is 10. The summed E-state index contributed by atoms with van der Waals surface area (Å²) < 4.78 is 106. The minimum atomic E-state index is -4.95. The Kier molecular flexibility index (Phi) is 12.5. The van der Waals surface area contributed by atoms with Crippen LogP contribution in [0.5, 0.6) is 17.4 Å². The van der Waals surface area contributed by atoms with Crippen LogP contribution in [-0.4, -0.2) is 103 Å². The van der Waals surface area contributed by atoms with Crippen LogP contribution >= 0.6 is 0 Å². The number of hydrogen-bond donors (Lipinski definition) is 3. The first-order valence-electron chi connectivity index (χ1n) is 20.3. The largest absolute Gasteiger partial charge is 0.494 e. The average molecular weight is 884 g/mol. The Morgan fingerprint density at radius 3 is 2.39 bits per heavy atom. The van der Waals surface area contributed by atoms with Gasteiger partial charge in [-0.3, -0.25) is 19.1 Å². The van der Waals surface area contributed by atoms with Crippen LogP contribution < -0.4 is 29.6 Å². The number of carbonyl (C=O) groups is 4. The zero-order chi connectivity index (χ0) is 44.9. The molecule has 61 heavy (non-hydrogen) atoms. The number of nitrogens with zero attached hydrogens (tertiary/aromatic N) is 2. The molecule has 1 aromatic carbocycles. The van der Waals surface area contributed by atoms with E-state index in [2.05, 4.69) is 20.3 Å². The number of ether oxygens (including phenoxy) is 4. The van der Waals surface area contributed by atoms with Gasteiger partial charge in [0.05, 0.1) is 31.0 Å². The lowest BCUT2D eigenvalue weighted by Crippen LogP contribution is -2.60. The molecular formula is C41H53F4N5O10S. The van der Waals surface area contributed by atoms with Gasteiger partial charge in [0.2, 0.25) is 33.3 Å². The van der Waals surface area contributed by atoms with E-state index in [1.807, 2.05) is 13.0 Å². The fraction of sp³-hybridized carbons (Fsp3) is 0.634. The molecule has 3 heterocycles. The molecule has 3 N–H and O–H groups in total. The van der Waals surface area contributed by atoms with Crippen LogP contribution in [0.15, 0.2) is 30.4 Å². The minimum Gasteiger partial charge on any atom is -0.494 e. The summed E-state index contributed by atoms with van der Waals surface area (Å²) >= 11 is 0. The highest BCUT2D eigenvalue weighted by molar-refractivity contribution is 7.91. The van der Waals surface area contributed by atoms with Gasteiger partial charge in [-0.1, -0.05) is 32.4 Å². The number of halogens is 4. The third kappa shape index (κ3) is 9.33. The molecule has 15 nitrogen and oxygen atoms in total. The predicted molar refractivity (Wildman–Crippen MR) is 212 cm³/mol. The van der Waals surface area contributed by atoms with Gasteiger partial charge >= 0.3 is 12.3 Å². The minimum absolute atomic E-state index is 0.0597. The molecule has 6 rings (SSSR count). The smallest absolute Gasteiger partial charge is 0.427 e. The van der Waals surface area contributed by atoms with Crippen molar-refractivity contribution >= 4 is 44.7 Å². The average Bonchev–Trinajstić information content (AvgIpc) is 4.06. The molecule has 20 heteroatoms. The molecular weight excluding hydrogens is 831 g/mol. The van der Waals surface area contributed by atoms with E-state index in [-0.39, 0.29) is 53.6 Å². The van der Waals surface area contributed by atoms with Crippen molar-refractivity contribution in [3.63, 3.8) is 0 Å². The van der Waals surface area contributed by atoms with Gasteiger partial charge in [-0.25, -0.2) is 22.6 Å². The van der Waals surface area contributed by atoms with Crippen LogP contribution in [0.2, 0.25) is 0 Å². The van der Waals surface area contributed by atoms with E-state index in [0.717, 1.165) is 11.0 Å². The van der Waals surface area contributed by atoms with E-state index in [4.69, 9.17) is 18.9 Å². The number of nitrogens with one attached hydrogen (secondary N) is 3. The van der Waals surface area contributed by atoms with Crippen molar-refractivity contribution in [1.29, 1.82) is 0 Å². The van der Waals surface area contributed by atoms with Crippen molar-refractivity contribution in [3.8, 4) is 17.4 Å². The maximum absolute atomic E-state index is 15.1. The topological polar surface area (TPSA) is 192 Å². The van der Waals surface area contributed by atoms with Crippen molar-refractivity contribution in [3.05, 3.63) is 36.2 Å². The number of carbonyl (C=O) groups excluding carboxylic acids is 4. The monoisotopic (exact) mass is 883 g/mol. The van der Waals surface area contributed by atoms with E-state index < -0.39 is 91.7 Å². The SMILES string of the molecule is CCC1CC(C)CCC=CC2CC2(C(=O)NS(=O)(=O)C2(C)CC2)NC(=O)C2CC(Oc3cc(OC)nc4cc(OC)c(F)cc34)CN2C(=O)C1NC(=O)OC(C)(C)C(F)(F)F. The number of alkyl carbamates (subject to hydrolysis) is 1. The summed E-state index contributed by atoms with van der Waals surface area (Å²) in [5, 5.41) is 5.36. The number of fused-ring (bicyclic) bond motifs is 3. The van der Waals surface area contributed by atoms with Gasteiger partial charge < -0.3 is 34.5 Å². The molecule has 4 amide bonds. The van der Waals surface area contributed by atoms with Crippen LogP contribution in [0, 0.1) is 23.6 Å². The fourth-order valence-corrected chi connectivity index (χ4v) is 9.28. The van der Waals surface area contributed by atoms with Crippen LogP contribution in [0.4, 0.5) is 22.4 Å². The van der Waals surface area contributed by atoms with Gasteiger partial charge in [0.1, 0.15) is 29.5 Å². The standard InChI is InChI=1S/C41H53F4N5O10S/c1-8-23-15-22(2)11-9-10-12-24-20-40(24,36(53)49-61(55,56)39(5)13-14-39)48-34(51)29-16-25(21-50(29)35(52)33(23)47-37(54)60-38(3,4)41(43,44)45)59-30-19-32(58-7)46-28-18-31(57-6)27(42)17-26(28)30/h10,12,17-19,22-25,29,33H,8-9,11,13-16,20-21H2,1-7H3,(H,47,54)(H,48,51)(H,49,53). The Labute approximate surface area is 351 Å². The molecule has 7 unspecified atom stereocenters. The molecule has 7 atom stereocenters. The highest BCUT2D eigenvalue weighted by Gasteiger charge is 2.63. The third-order valence-electron chi connectivity index (χ3n) is 12.4. The number of methoxy groups -OCH3 is 2. The van der Waals surface area contributed by atoms with E-state index in [1.165, 1.54) is 33.3 Å². The van der Waals surface area contributed by atoms with Gasteiger partial charge in [-0.05, 0) is 77.2 Å². The van der Waals surface area contributed by atoms with Crippen molar-refractivity contribution in [2.24, 2.45) is 17.8 Å². The van der Waals surface area contributed by atoms with Gasteiger partial charge in [-0.2, -0.15) is 13.2 Å². The summed E-state index contributed by atoms with van der Waals surface area (Å²) in [5.41, 5.74) is -4.39. The number of pyridine rings is 1. The lowest BCUT2D eigenvalue weighted by atomic mass is 9.85. The third-order valence-corrected chi connectivity index (χ3v) is 14.6. The number of hydrogen-bond acceptors (Lipinski definition) is 11. The Hall–Kier alpha value is -4.88. The van der Waals surface area contributed by atoms with Crippen molar-refractivity contribution < 1.29 is 64.1 Å². The Morgan fingerprint density at radius 1 is 1.07 bits per heavy atom. The normalized spacial score (nSPS) is 28.0. The number of allylic oxidation sites excluding steroid dienone is 1. The molecule has 2 aromatic rings. The van der Waals surface area contributed by atoms with E-state index in [1.54, 1.807) is 13.0 Å². The van der Waals surface area contributed by atoms with Crippen LogP contribution in [-0.2, 0) is 29.1 Å². The van der Waals surface area contributed by atoms with E-state index >= 15 is 4.39 Å². The molecule has 2 aliphatic heterocycles. The maximum Gasteiger partial charge on any atom is 0.427 e. The zero-order valence-electron chi connectivity index (χ0n) is 35.1. The molecule has 336 valence electrons. The zero-order valence-corrected chi connectivity index (χ0v) is 35.9. The van der Waals surface area contributed by atoms with Gasteiger partial charge in [0.15, 0.2) is 11.6 Å². The number of benzene rings is 1. The summed E-state index contributed by atoms with van der Waals surface area (Å²) in [6, 6.07) is 0.972. The Balaban J connectivity index is 1.40. The number of alkyl halides is 3. The molecule has 0 spiro atoms. The Morgan fingerprint density at radius 2 is 1.77 bits per heavy atom. The molecule has 0 radical (unpaired) electrons. The van der Waals surface area contributed by atoms with Gasteiger partial charge in [-0.15, -0.1) is 0 Å². The van der Waals surface area contributed by atoms with Gasteiger partial charge in [0.25, 0.3) is 5.91 Å². The summed E-state index contributed by atoms with van der Waals surface area (Å²) in [6.45, 7) is 6.24. The molecule has 3 fully saturated rings. The maximum atomic E-state index is 15.1. The summed E-state index contributed by atoms with van der Waals surface area (Å²) in [7, 11) is -1.48. The fourth-order valence-electron chi connectivity index (χ4n) is 7.97. The summed E-state index contributed by atoms with van der Waals surface area (Å²) in [5.74, 6) is -4.60. The quantitative estimate of drug-likeness (QED) is 0.203. The first-order valence-corrected chi connectivity index (χ1v) is 21.8. The van der Waals surface area contributed by atoms with Crippen LogP contribution in [0.1, 0.15) is 86.0 Å². The molecule has 1 saturated heterocycles. The first-order chi connectivity index (χ1) is 28.5. The highest BCUT2D eigenvalue weighted by Crippen LogP contribution is 2.48. The summed E-state index contributed by atoms with van der Waals surface area (Å²) in [6.07, 6.45) is -1.57. The number of sulfonamides is 1. The second kappa shape index (κ2) is 16.8. The highest BCUT2D eigenvalue weighted by atomic mass is 32.2. The van der Waals surface area contributed by atoms with E-state index in [0.29, 0.717) is 52.4 Å². The summed E-state index contributed by atoms with van der Waals surface area (Å²) in [4.78, 5) is 62.3. The van der Waals surface area contributed by atoms with Gasteiger partial charge in [0, 0.05) is 29.9 Å². The molecule has 2 saturated carbocycles. The van der Waals surface area contributed by atoms with Crippen molar-refractivity contribution in [2.45, 2.75) is 126 Å². The lowest BCUT2D eigenvalue weighted by molar-refractivity contribution is -0.244. The predicted octanol–water partition coefficient (Wildman–Crippen LogP) is 5.45. The number of aromatic nitrogens is 1. The number of amides is 4. The molecule has 4 aliphatic rings. The molecule has 1 aromatic heterocycles. The second-order valence-corrected chi connectivity index (χ2v) is 19.5. The first kappa shape index (κ1) is 45.6. The van der Waals surface area contributed by atoms with Crippen LogP contribution in [0.25, 0.3) is 10.9 Å². The Bertz CT molecular complexity index is 2200. The van der Waals surface area contributed by atoms with Crippen molar-refractivity contribution in [2.75, 3.05) is 20.8 Å². The van der Waals surface area contributed by atoms with Crippen LogP contribution in [0.3, 0.4) is 0 Å². The lowest BCUT2D eigenvalue weighted by Gasteiger charge is -2.35. The second-order valence-electron chi connectivity index (χ2n) is 17.3. The van der Waals surface area contributed by atoms with Crippen molar-refractivity contribution in [1.82, 2.24) is 25.2 Å². The molecule has 2 aliphatic carbocycles.